The van der Waals surface area contributed by atoms with E-state index in [1.807, 2.05) is 0 Å². The molecule has 2 aliphatic rings. The van der Waals surface area contributed by atoms with Crippen LogP contribution in [0.1, 0.15) is 25.1 Å². The fraction of sp³-hybridized carbons (Fsp3) is 0.923. The van der Waals surface area contributed by atoms with Crippen molar-refractivity contribution in [2.75, 3.05) is 46.2 Å². The highest BCUT2D eigenvalue weighted by Gasteiger charge is 2.50. The van der Waals surface area contributed by atoms with E-state index in [-0.39, 0.29) is 0 Å². The summed E-state index contributed by atoms with van der Waals surface area (Å²) in [5.41, 5.74) is -0.434. The summed E-state index contributed by atoms with van der Waals surface area (Å²) < 4.78 is 32.4. The molecule has 0 amide bonds. The van der Waals surface area contributed by atoms with Crippen molar-refractivity contribution in [2.24, 2.45) is 0 Å². The van der Waals surface area contributed by atoms with Crippen LogP contribution in [0, 0.1) is 0 Å². The molecule has 10 heteroatoms. The summed E-state index contributed by atoms with van der Waals surface area (Å²) in [7, 11) is -1.58. The van der Waals surface area contributed by atoms with Crippen molar-refractivity contribution < 1.29 is 13.2 Å². The predicted molar refractivity (Wildman–Crippen MR) is 83.2 cm³/mol. The zero-order chi connectivity index (χ0) is 16.5. The third-order valence-corrected chi connectivity index (χ3v) is 6.10. The molecule has 1 aromatic rings. The molecule has 0 spiro atoms. The van der Waals surface area contributed by atoms with Gasteiger partial charge in [0.05, 0.1) is 24.9 Å². The predicted octanol–water partition coefficient (Wildman–Crippen LogP) is -0.724. The number of ether oxygens (including phenoxy) is 1. The van der Waals surface area contributed by atoms with Gasteiger partial charge in [-0.05, 0) is 42.8 Å². The van der Waals surface area contributed by atoms with Gasteiger partial charge in [-0.3, -0.25) is 4.90 Å². The van der Waals surface area contributed by atoms with Gasteiger partial charge in [0.15, 0.2) is 5.82 Å². The number of rotatable bonds is 6. The largest absolute Gasteiger partial charge is 0.383 e. The molecule has 2 fully saturated rings. The summed E-state index contributed by atoms with van der Waals surface area (Å²) in [5.74, 6) is 0.752. The number of nitrogens with zero attached hydrogens (tertiary/aromatic N) is 6. The Kier molecular flexibility index (Phi) is 4.68. The molecule has 1 atom stereocenters. The zero-order valence-corrected chi connectivity index (χ0v) is 14.5. The smallest absolute Gasteiger partial charge is 0.211 e. The van der Waals surface area contributed by atoms with Crippen LogP contribution in [0.3, 0.4) is 0 Å². The van der Waals surface area contributed by atoms with E-state index in [1.54, 1.807) is 16.1 Å². The molecule has 0 aliphatic carbocycles. The van der Waals surface area contributed by atoms with Crippen LogP contribution in [0.25, 0.3) is 0 Å². The van der Waals surface area contributed by atoms with Gasteiger partial charge >= 0.3 is 0 Å². The van der Waals surface area contributed by atoms with E-state index in [0.717, 1.165) is 31.8 Å². The molecule has 23 heavy (non-hydrogen) atoms. The lowest BCUT2D eigenvalue weighted by atomic mass is 9.95. The van der Waals surface area contributed by atoms with Crippen LogP contribution in [0.4, 0.5) is 0 Å². The number of tetrazole rings is 1. The second-order valence-electron chi connectivity index (χ2n) is 6.29. The van der Waals surface area contributed by atoms with Crippen molar-refractivity contribution in [1.29, 1.82) is 0 Å². The minimum absolute atomic E-state index is 0.416. The van der Waals surface area contributed by atoms with E-state index in [0.29, 0.717) is 32.7 Å². The molecule has 1 unspecified atom stereocenters. The van der Waals surface area contributed by atoms with Crippen molar-refractivity contribution in [3.8, 4) is 0 Å². The summed E-state index contributed by atoms with van der Waals surface area (Å²) >= 11 is 0. The van der Waals surface area contributed by atoms with Crippen molar-refractivity contribution in [1.82, 2.24) is 29.4 Å². The highest BCUT2D eigenvalue weighted by Crippen LogP contribution is 2.39. The Morgan fingerprint density at radius 1 is 1.26 bits per heavy atom. The Balaban J connectivity index is 1.96. The Morgan fingerprint density at radius 3 is 2.61 bits per heavy atom. The molecular formula is C13H24N6O3S. The first kappa shape index (κ1) is 16.7. The summed E-state index contributed by atoms with van der Waals surface area (Å²) in [6.45, 7) is 3.91. The monoisotopic (exact) mass is 344 g/mol. The Morgan fingerprint density at radius 2 is 2.00 bits per heavy atom. The van der Waals surface area contributed by atoms with Crippen LogP contribution in [0.5, 0.6) is 0 Å². The fourth-order valence-electron chi connectivity index (χ4n) is 3.64. The first-order valence-electron chi connectivity index (χ1n) is 7.93. The van der Waals surface area contributed by atoms with Crippen LogP contribution < -0.4 is 0 Å². The minimum Gasteiger partial charge on any atom is -0.383 e. The maximum absolute atomic E-state index is 12.0. The minimum atomic E-state index is -3.22. The molecule has 3 heterocycles. The molecule has 2 aliphatic heterocycles. The van der Waals surface area contributed by atoms with Gasteiger partial charge in [0.1, 0.15) is 0 Å². The summed E-state index contributed by atoms with van der Waals surface area (Å²) in [6, 6.07) is 0. The zero-order valence-electron chi connectivity index (χ0n) is 13.7. The van der Waals surface area contributed by atoms with Gasteiger partial charge in [0.25, 0.3) is 0 Å². The molecule has 0 radical (unpaired) electrons. The number of hydrogen-bond acceptors (Lipinski definition) is 7. The van der Waals surface area contributed by atoms with Gasteiger partial charge in [0.2, 0.25) is 10.0 Å². The van der Waals surface area contributed by atoms with Crippen LogP contribution in [0.15, 0.2) is 0 Å². The third-order valence-electron chi connectivity index (χ3n) is 4.85. The van der Waals surface area contributed by atoms with Crippen LogP contribution in [0.2, 0.25) is 0 Å². The molecule has 1 aromatic heterocycles. The number of likely N-dealkylation sites (tertiary alicyclic amines) is 1. The van der Waals surface area contributed by atoms with Gasteiger partial charge in [-0.1, -0.05) is 0 Å². The maximum Gasteiger partial charge on any atom is 0.211 e. The van der Waals surface area contributed by atoms with Gasteiger partial charge in [-0.25, -0.2) is 13.1 Å². The average Bonchev–Trinajstić information content (AvgIpc) is 3.22. The number of aromatic nitrogens is 4. The highest BCUT2D eigenvalue weighted by molar-refractivity contribution is 7.88. The van der Waals surface area contributed by atoms with Crippen LogP contribution >= 0.6 is 0 Å². The topological polar surface area (TPSA) is 93.4 Å². The van der Waals surface area contributed by atoms with Gasteiger partial charge in [-0.2, -0.15) is 4.31 Å². The Labute approximate surface area is 136 Å². The molecule has 0 bridgehead atoms. The maximum atomic E-state index is 12.0. The summed E-state index contributed by atoms with van der Waals surface area (Å²) in [6.07, 6.45) is 4.23. The Bertz CT molecular complexity index is 642. The van der Waals surface area contributed by atoms with E-state index in [1.165, 1.54) is 6.26 Å². The normalized spacial score (nSPS) is 27.0. The van der Waals surface area contributed by atoms with E-state index in [2.05, 4.69) is 20.4 Å². The second kappa shape index (κ2) is 6.42. The van der Waals surface area contributed by atoms with Gasteiger partial charge in [-0.15, -0.1) is 5.10 Å². The SMILES string of the molecule is COCCn1nnnc1C1(N2CCCC2)CCN(S(C)(=O)=O)C1. The quantitative estimate of drug-likeness (QED) is 0.672. The lowest BCUT2D eigenvalue weighted by molar-refractivity contribution is 0.108. The molecule has 2 saturated heterocycles. The summed E-state index contributed by atoms with van der Waals surface area (Å²) in [4.78, 5) is 2.35. The molecule has 130 valence electrons. The van der Waals surface area contributed by atoms with Crippen molar-refractivity contribution in [3.05, 3.63) is 5.82 Å². The third kappa shape index (κ3) is 3.12. The molecule has 9 nitrogen and oxygen atoms in total. The molecular weight excluding hydrogens is 320 g/mol. The first-order valence-corrected chi connectivity index (χ1v) is 9.78. The summed E-state index contributed by atoms with van der Waals surface area (Å²) in [5, 5.41) is 12.2. The number of methoxy groups -OCH3 is 1. The standard InChI is InChI=1S/C13H24N6O3S/c1-22-10-9-19-12(14-15-16-19)13(17-6-3-4-7-17)5-8-18(11-13)23(2,20)21/h3-11H2,1-2H3. The molecule has 0 N–H and O–H groups in total. The fourth-order valence-corrected chi connectivity index (χ4v) is 4.51. The van der Waals surface area contributed by atoms with Crippen molar-refractivity contribution in [3.63, 3.8) is 0 Å². The van der Waals surface area contributed by atoms with E-state index in [4.69, 9.17) is 4.74 Å². The van der Waals surface area contributed by atoms with E-state index >= 15 is 0 Å². The second-order valence-corrected chi connectivity index (χ2v) is 8.27. The molecule has 3 rings (SSSR count). The highest BCUT2D eigenvalue weighted by atomic mass is 32.2. The molecule has 0 saturated carbocycles. The van der Waals surface area contributed by atoms with Gasteiger partial charge in [0, 0.05) is 20.2 Å². The lowest BCUT2D eigenvalue weighted by Gasteiger charge is -2.37. The van der Waals surface area contributed by atoms with E-state index in [9.17, 15) is 8.42 Å². The van der Waals surface area contributed by atoms with Crippen molar-refractivity contribution >= 4 is 10.0 Å². The van der Waals surface area contributed by atoms with Gasteiger partial charge < -0.3 is 4.74 Å². The van der Waals surface area contributed by atoms with E-state index < -0.39 is 15.6 Å². The van der Waals surface area contributed by atoms with Crippen molar-refractivity contribution in [2.45, 2.75) is 31.3 Å². The van der Waals surface area contributed by atoms with Crippen LogP contribution in [-0.4, -0.2) is 84.0 Å². The lowest BCUT2D eigenvalue weighted by Crippen LogP contribution is -2.49. The molecule has 0 aromatic carbocycles. The number of sulfonamides is 1. The first-order chi connectivity index (χ1) is 11.0. The van der Waals surface area contributed by atoms with Crippen LogP contribution in [-0.2, 0) is 26.8 Å². The Hall–Kier alpha value is -1.10. The average molecular weight is 344 g/mol. The number of hydrogen-bond donors (Lipinski definition) is 0.